The number of nitrogens with zero attached hydrogens (tertiary/aromatic N) is 5. The van der Waals surface area contributed by atoms with Crippen LogP contribution in [-0.2, 0) is 16.1 Å². The number of benzene rings is 1. The number of hydrogen-bond donors (Lipinski definition) is 4. The van der Waals surface area contributed by atoms with Gasteiger partial charge in [-0.1, -0.05) is 0 Å². The van der Waals surface area contributed by atoms with E-state index in [1.54, 1.807) is 36.7 Å². The molecule has 5 heterocycles. The molecule has 1 unspecified atom stereocenters. The van der Waals surface area contributed by atoms with E-state index in [0.717, 1.165) is 16.8 Å². The Morgan fingerprint density at radius 2 is 1.69 bits per heavy atom. The van der Waals surface area contributed by atoms with Gasteiger partial charge in [0, 0.05) is 48.6 Å². The van der Waals surface area contributed by atoms with Gasteiger partial charge < -0.3 is 30.2 Å². The number of aromatic nitrogens is 4. The van der Waals surface area contributed by atoms with E-state index in [-0.39, 0.29) is 18.5 Å². The molecule has 13 heteroatoms. The Morgan fingerprint density at radius 3 is 2.38 bits per heavy atom. The highest BCUT2D eigenvalue weighted by molar-refractivity contribution is 6.04. The number of fused-ring (bicyclic) bond motifs is 1. The van der Waals surface area contributed by atoms with Crippen LogP contribution in [0.3, 0.4) is 0 Å². The first-order valence-corrected chi connectivity index (χ1v) is 12.4. The summed E-state index contributed by atoms with van der Waals surface area (Å²) in [6.45, 7) is 2.80. The van der Waals surface area contributed by atoms with Crippen LogP contribution in [0, 0.1) is 0 Å². The summed E-state index contributed by atoms with van der Waals surface area (Å²) in [5, 5.41) is 11.3. The summed E-state index contributed by atoms with van der Waals surface area (Å²) in [5.74, 6) is 0.896. The highest BCUT2D eigenvalue weighted by Gasteiger charge is 2.30. The molecule has 0 saturated carbocycles. The first-order valence-electron chi connectivity index (χ1n) is 12.4. The zero-order chi connectivity index (χ0) is 26.8. The van der Waals surface area contributed by atoms with Crippen molar-refractivity contribution in [3.8, 4) is 11.4 Å². The summed E-state index contributed by atoms with van der Waals surface area (Å²) in [7, 11) is 0. The van der Waals surface area contributed by atoms with Gasteiger partial charge in [-0.05, 0) is 42.5 Å². The molecule has 0 spiro atoms. The number of ether oxygens (including phenoxy) is 1. The third-order valence-corrected chi connectivity index (χ3v) is 6.49. The topological polar surface area (TPSA) is 155 Å². The normalized spacial score (nSPS) is 17.1. The van der Waals surface area contributed by atoms with Crippen molar-refractivity contribution in [3.05, 3.63) is 61.1 Å². The molecule has 1 aromatic carbocycles. The van der Waals surface area contributed by atoms with Gasteiger partial charge in [-0.2, -0.15) is 0 Å². The van der Waals surface area contributed by atoms with Crippen molar-refractivity contribution in [1.29, 1.82) is 0 Å². The number of urea groups is 2. The van der Waals surface area contributed by atoms with Crippen molar-refractivity contribution in [1.82, 2.24) is 30.2 Å². The molecular weight excluding hydrogens is 502 g/mol. The number of rotatable bonds is 6. The fourth-order valence-electron chi connectivity index (χ4n) is 4.56. The summed E-state index contributed by atoms with van der Waals surface area (Å²) in [4.78, 5) is 52.0. The number of nitrogens with one attached hydrogen (secondary N) is 4. The minimum atomic E-state index is -0.693. The Morgan fingerprint density at radius 1 is 0.974 bits per heavy atom. The summed E-state index contributed by atoms with van der Waals surface area (Å²) in [6.07, 6.45) is 5.04. The van der Waals surface area contributed by atoms with Gasteiger partial charge in [-0.3, -0.25) is 15.1 Å². The number of pyridine rings is 1. The predicted octanol–water partition coefficient (Wildman–Crippen LogP) is 2.18. The highest BCUT2D eigenvalue weighted by Crippen LogP contribution is 2.30. The average molecular weight is 528 g/mol. The zero-order valence-corrected chi connectivity index (χ0v) is 20.8. The summed E-state index contributed by atoms with van der Waals surface area (Å²) >= 11 is 0. The predicted molar refractivity (Wildman–Crippen MR) is 143 cm³/mol. The third-order valence-electron chi connectivity index (χ3n) is 6.49. The van der Waals surface area contributed by atoms with Gasteiger partial charge in [-0.15, -0.1) is 0 Å². The first-order chi connectivity index (χ1) is 19.0. The Balaban J connectivity index is 1.29. The SMILES string of the molecule is O=C(Nc1ccncc1)Nc1ccc(-c2nc(N3CCOCC3)c3ccn(CC4NC(=O)NC4=O)c3n2)cc1. The quantitative estimate of drug-likeness (QED) is 0.278. The number of morpholine rings is 1. The average Bonchev–Trinajstić information content (AvgIpc) is 3.51. The lowest BCUT2D eigenvalue weighted by atomic mass is 10.2. The first kappa shape index (κ1) is 24.3. The molecule has 0 radical (unpaired) electrons. The van der Waals surface area contributed by atoms with Crippen LogP contribution in [-0.4, -0.2) is 69.8 Å². The fraction of sp³-hybridized carbons (Fsp3) is 0.231. The highest BCUT2D eigenvalue weighted by atomic mass is 16.5. The molecule has 198 valence electrons. The Kier molecular flexibility index (Phi) is 6.47. The Bertz CT molecular complexity index is 1530. The maximum Gasteiger partial charge on any atom is 0.323 e. The van der Waals surface area contributed by atoms with Gasteiger partial charge in [0.1, 0.15) is 17.5 Å². The number of anilines is 3. The summed E-state index contributed by atoms with van der Waals surface area (Å²) in [6, 6.07) is 11.0. The van der Waals surface area contributed by atoms with Crippen LogP contribution in [0.4, 0.5) is 26.8 Å². The van der Waals surface area contributed by atoms with Gasteiger partial charge in [0.25, 0.3) is 5.91 Å². The second-order valence-electron chi connectivity index (χ2n) is 9.08. The molecule has 39 heavy (non-hydrogen) atoms. The number of carbonyl (C=O) groups is 3. The maximum atomic E-state index is 12.4. The minimum absolute atomic E-state index is 0.232. The van der Waals surface area contributed by atoms with Crippen molar-refractivity contribution in [2.75, 3.05) is 41.8 Å². The number of hydrogen-bond acceptors (Lipinski definition) is 8. The number of amides is 5. The van der Waals surface area contributed by atoms with E-state index in [1.807, 2.05) is 29.0 Å². The van der Waals surface area contributed by atoms with Crippen LogP contribution in [0.1, 0.15) is 0 Å². The smallest absolute Gasteiger partial charge is 0.323 e. The van der Waals surface area contributed by atoms with Gasteiger partial charge in [-0.25, -0.2) is 19.6 Å². The lowest BCUT2D eigenvalue weighted by molar-refractivity contribution is -0.120. The van der Waals surface area contributed by atoms with Crippen molar-refractivity contribution >= 4 is 46.2 Å². The van der Waals surface area contributed by atoms with Gasteiger partial charge >= 0.3 is 12.1 Å². The van der Waals surface area contributed by atoms with Crippen molar-refractivity contribution < 1.29 is 19.1 Å². The van der Waals surface area contributed by atoms with Gasteiger partial charge in [0.15, 0.2) is 5.82 Å². The minimum Gasteiger partial charge on any atom is -0.378 e. The lowest BCUT2D eigenvalue weighted by Crippen LogP contribution is -2.37. The number of imide groups is 1. The third kappa shape index (κ3) is 5.20. The monoisotopic (exact) mass is 527 g/mol. The van der Waals surface area contributed by atoms with Crippen LogP contribution in [0.25, 0.3) is 22.4 Å². The molecule has 2 fully saturated rings. The molecule has 4 N–H and O–H groups in total. The standard InChI is InChI=1S/C26H25N9O4/c36-24-20(30-26(38)33-24)15-35-10-7-19-22(34-11-13-39-14-12-34)31-21(32-23(19)35)16-1-3-17(4-2-16)28-25(37)29-18-5-8-27-9-6-18/h1-10,20H,11-15H2,(H2,27,28,29,37)(H2,30,33,36,38). The molecular formula is C26H25N9O4. The van der Waals surface area contributed by atoms with E-state index in [2.05, 4.69) is 31.2 Å². The molecule has 2 aliphatic rings. The zero-order valence-electron chi connectivity index (χ0n) is 20.8. The second kappa shape index (κ2) is 10.4. The van der Waals surface area contributed by atoms with E-state index in [1.165, 1.54) is 0 Å². The molecule has 6 rings (SSSR count). The largest absolute Gasteiger partial charge is 0.378 e. The molecule has 2 aliphatic heterocycles. The summed E-state index contributed by atoms with van der Waals surface area (Å²) < 4.78 is 7.38. The molecule has 1 atom stereocenters. The van der Waals surface area contributed by atoms with Crippen LogP contribution >= 0.6 is 0 Å². The van der Waals surface area contributed by atoms with E-state index in [4.69, 9.17) is 14.7 Å². The van der Waals surface area contributed by atoms with E-state index >= 15 is 0 Å². The van der Waals surface area contributed by atoms with E-state index in [9.17, 15) is 14.4 Å². The van der Waals surface area contributed by atoms with Crippen molar-refractivity contribution in [3.63, 3.8) is 0 Å². The van der Waals surface area contributed by atoms with Crippen LogP contribution in [0.15, 0.2) is 61.1 Å². The van der Waals surface area contributed by atoms with Crippen LogP contribution < -0.4 is 26.2 Å². The molecule has 0 aliphatic carbocycles. The summed E-state index contributed by atoms with van der Waals surface area (Å²) in [5.41, 5.74) is 2.64. The molecule has 5 amide bonds. The Labute approximate surface area is 222 Å². The van der Waals surface area contributed by atoms with E-state index < -0.39 is 12.1 Å². The Hall–Kier alpha value is -5.04. The molecule has 3 aromatic heterocycles. The molecule has 13 nitrogen and oxygen atoms in total. The maximum absolute atomic E-state index is 12.4. The van der Waals surface area contributed by atoms with Crippen LogP contribution in [0.2, 0.25) is 0 Å². The second-order valence-corrected chi connectivity index (χ2v) is 9.08. The van der Waals surface area contributed by atoms with Gasteiger partial charge in [0.05, 0.1) is 25.1 Å². The molecule has 0 bridgehead atoms. The lowest BCUT2D eigenvalue weighted by Gasteiger charge is -2.28. The van der Waals surface area contributed by atoms with Gasteiger partial charge in [0.2, 0.25) is 0 Å². The van der Waals surface area contributed by atoms with Crippen LogP contribution in [0.5, 0.6) is 0 Å². The fourth-order valence-corrected chi connectivity index (χ4v) is 4.56. The van der Waals surface area contributed by atoms with E-state index in [0.29, 0.717) is 49.1 Å². The van der Waals surface area contributed by atoms with Crippen molar-refractivity contribution in [2.45, 2.75) is 12.6 Å². The number of carbonyl (C=O) groups excluding carboxylic acids is 3. The molecule has 4 aromatic rings. The van der Waals surface area contributed by atoms with Crippen molar-refractivity contribution in [2.24, 2.45) is 0 Å². The molecule has 2 saturated heterocycles.